The molecule has 8 nitrogen and oxygen atoms in total. The van der Waals surface area contributed by atoms with Crippen LogP contribution in [0.25, 0.3) is 0 Å². The van der Waals surface area contributed by atoms with Crippen LogP contribution in [-0.4, -0.2) is 58.4 Å². The topological polar surface area (TPSA) is 106 Å². The van der Waals surface area contributed by atoms with E-state index in [9.17, 15) is 14.4 Å². The number of nitrogens with one attached hydrogen (secondary N) is 3. The minimum absolute atomic E-state index is 0.0892. The molecule has 0 spiro atoms. The molecule has 3 N–H and O–H groups in total. The van der Waals surface area contributed by atoms with Crippen molar-refractivity contribution < 1.29 is 23.9 Å². The SMILES string of the molecule is COC(CNC(=O)C(=O)NCCCNC=O)OC. The minimum atomic E-state index is -0.752. The molecule has 0 saturated heterocycles. The fraction of sp³-hybridized carbons (Fsp3) is 0.700. The predicted octanol–water partition coefficient (Wildman–Crippen LogP) is -2.03. The molecule has 0 aliphatic rings. The zero-order valence-electron chi connectivity index (χ0n) is 10.5. The summed E-state index contributed by atoms with van der Waals surface area (Å²) >= 11 is 0. The van der Waals surface area contributed by atoms with Gasteiger partial charge in [-0.15, -0.1) is 0 Å². The van der Waals surface area contributed by atoms with Crippen LogP contribution in [0.5, 0.6) is 0 Å². The molecule has 0 bridgehead atoms. The van der Waals surface area contributed by atoms with Gasteiger partial charge in [0.2, 0.25) is 6.41 Å². The van der Waals surface area contributed by atoms with Crippen LogP contribution in [0.1, 0.15) is 6.42 Å². The van der Waals surface area contributed by atoms with E-state index in [0.29, 0.717) is 25.9 Å². The number of methoxy groups -OCH3 is 2. The molecule has 3 amide bonds. The Hall–Kier alpha value is -1.67. The first kappa shape index (κ1) is 16.3. The Morgan fingerprint density at radius 2 is 1.72 bits per heavy atom. The monoisotopic (exact) mass is 261 g/mol. The number of carbonyl (C=O) groups is 3. The number of hydrogen-bond acceptors (Lipinski definition) is 5. The van der Waals surface area contributed by atoms with Gasteiger partial charge in [0, 0.05) is 27.3 Å². The molecule has 0 aliphatic heterocycles. The molecule has 0 heterocycles. The van der Waals surface area contributed by atoms with E-state index in [-0.39, 0.29) is 6.54 Å². The Morgan fingerprint density at radius 1 is 1.11 bits per heavy atom. The maximum absolute atomic E-state index is 11.3. The van der Waals surface area contributed by atoms with E-state index in [4.69, 9.17) is 9.47 Å². The van der Waals surface area contributed by atoms with E-state index in [0.717, 1.165) is 0 Å². The largest absolute Gasteiger partial charge is 0.359 e. The van der Waals surface area contributed by atoms with Crippen molar-refractivity contribution in [3.63, 3.8) is 0 Å². The summed E-state index contributed by atoms with van der Waals surface area (Å²) in [7, 11) is 2.86. The van der Waals surface area contributed by atoms with Gasteiger partial charge in [-0.05, 0) is 6.42 Å². The molecule has 0 aliphatic carbocycles. The van der Waals surface area contributed by atoms with E-state index >= 15 is 0 Å². The van der Waals surface area contributed by atoms with Gasteiger partial charge in [-0.25, -0.2) is 0 Å². The highest BCUT2D eigenvalue weighted by Gasteiger charge is 2.14. The van der Waals surface area contributed by atoms with Crippen LogP contribution >= 0.6 is 0 Å². The third kappa shape index (κ3) is 7.58. The van der Waals surface area contributed by atoms with Crippen molar-refractivity contribution in [3.05, 3.63) is 0 Å². The van der Waals surface area contributed by atoms with Crippen molar-refractivity contribution in [1.82, 2.24) is 16.0 Å². The Balaban J connectivity index is 3.69. The van der Waals surface area contributed by atoms with Crippen LogP contribution in [0.3, 0.4) is 0 Å². The van der Waals surface area contributed by atoms with Crippen molar-refractivity contribution in [2.75, 3.05) is 33.9 Å². The van der Waals surface area contributed by atoms with Gasteiger partial charge in [0.15, 0.2) is 6.29 Å². The average molecular weight is 261 g/mol. The molecule has 0 aromatic carbocycles. The summed E-state index contributed by atoms with van der Waals surface area (Å²) in [6.07, 6.45) is 0.541. The number of ether oxygens (including phenoxy) is 2. The quantitative estimate of drug-likeness (QED) is 0.192. The lowest BCUT2D eigenvalue weighted by Gasteiger charge is -2.13. The molecule has 0 atom stereocenters. The lowest BCUT2D eigenvalue weighted by atomic mass is 10.4. The Labute approximate surface area is 105 Å². The van der Waals surface area contributed by atoms with E-state index in [2.05, 4.69) is 16.0 Å². The van der Waals surface area contributed by atoms with Crippen molar-refractivity contribution in [1.29, 1.82) is 0 Å². The van der Waals surface area contributed by atoms with Crippen LogP contribution in [0.15, 0.2) is 0 Å². The zero-order valence-corrected chi connectivity index (χ0v) is 10.5. The molecule has 0 fully saturated rings. The number of rotatable bonds is 9. The third-order valence-electron chi connectivity index (χ3n) is 2.03. The first-order valence-electron chi connectivity index (χ1n) is 5.44. The highest BCUT2D eigenvalue weighted by atomic mass is 16.7. The first-order chi connectivity index (χ1) is 8.65. The fourth-order valence-electron chi connectivity index (χ4n) is 1.05. The Kier molecular flexibility index (Phi) is 9.51. The summed E-state index contributed by atoms with van der Waals surface area (Å²) in [4.78, 5) is 32.5. The smallest absolute Gasteiger partial charge is 0.309 e. The van der Waals surface area contributed by atoms with E-state index in [1.807, 2.05) is 0 Å². The molecule has 0 unspecified atom stereocenters. The summed E-state index contributed by atoms with van der Waals surface area (Å²) in [5.74, 6) is -1.48. The lowest BCUT2D eigenvalue weighted by Crippen LogP contribution is -2.43. The molecule has 0 aromatic heterocycles. The van der Waals surface area contributed by atoms with Gasteiger partial charge < -0.3 is 25.4 Å². The fourth-order valence-corrected chi connectivity index (χ4v) is 1.05. The minimum Gasteiger partial charge on any atom is -0.359 e. The van der Waals surface area contributed by atoms with Gasteiger partial charge >= 0.3 is 11.8 Å². The van der Waals surface area contributed by atoms with E-state index in [1.165, 1.54) is 14.2 Å². The molecular formula is C10H19N3O5. The van der Waals surface area contributed by atoms with Gasteiger partial charge in [0.1, 0.15) is 0 Å². The van der Waals surface area contributed by atoms with Crippen molar-refractivity contribution in [2.45, 2.75) is 12.7 Å². The molecule has 0 saturated carbocycles. The van der Waals surface area contributed by atoms with Gasteiger partial charge in [0.25, 0.3) is 0 Å². The van der Waals surface area contributed by atoms with Crippen molar-refractivity contribution in [3.8, 4) is 0 Å². The van der Waals surface area contributed by atoms with E-state index < -0.39 is 18.1 Å². The molecule has 0 rings (SSSR count). The summed E-state index contributed by atoms with van der Waals surface area (Å²) in [6.45, 7) is 0.845. The molecular weight excluding hydrogens is 242 g/mol. The highest BCUT2D eigenvalue weighted by molar-refractivity contribution is 6.35. The summed E-state index contributed by atoms with van der Waals surface area (Å²) in [5, 5.41) is 7.22. The molecule has 8 heteroatoms. The first-order valence-corrected chi connectivity index (χ1v) is 5.44. The maximum atomic E-state index is 11.3. The second-order valence-electron chi connectivity index (χ2n) is 3.29. The summed E-state index contributed by atoms with van der Waals surface area (Å²) in [6, 6.07) is 0. The average Bonchev–Trinajstić information content (AvgIpc) is 2.39. The second kappa shape index (κ2) is 10.5. The second-order valence-corrected chi connectivity index (χ2v) is 3.29. The van der Waals surface area contributed by atoms with Gasteiger partial charge in [-0.3, -0.25) is 14.4 Å². The molecule has 0 radical (unpaired) electrons. The zero-order chi connectivity index (χ0) is 13.8. The molecule has 0 aromatic rings. The Bertz CT molecular complexity index is 268. The standard InChI is InChI=1S/C10H19N3O5/c1-17-8(18-2)6-13-10(16)9(15)12-5-3-4-11-7-14/h7-8H,3-6H2,1-2H3,(H,11,14)(H,12,15)(H,13,16). The highest BCUT2D eigenvalue weighted by Crippen LogP contribution is 1.87. The predicted molar refractivity (Wildman–Crippen MR) is 62.5 cm³/mol. The summed E-state index contributed by atoms with van der Waals surface area (Å²) < 4.78 is 9.69. The maximum Gasteiger partial charge on any atom is 0.309 e. The molecule has 104 valence electrons. The van der Waals surface area contributed by atoms with Crippen LogP contribution in [-0.2, 0) is 23.9 Å². The van der Waals surface area contributed by atoms with Crippen molar-refractivity contribution in [2.24, 2.45) is 0 Å². The van der Waals surface area contributed by atoms with Crippen LogP contribution in [0.2, 0.25) is 0 Å². The lowest BCUT2D eigenvalue weighted by molar-refractivity contribution is -0.141. The van der Waals surface area contributed by atoms with Crippen LogP contribution < -0.4 is 16.0 Å². The third-order valence-corrected chi connectivity index (χ3v) is 2.03. The molecule has 18 heavy (non-hydrogen) atoms. The van der Waals surface area contributed by atoms with Gasteiger partial charge in [-0.1, -0.05) is 0 Å². The Morgan fingerprint density at radius 3 is 2.28 bits per heavy atom. The summed E-state index contributed by atoms with van der Waals surface area (Å²) in [5.41, 5.74) is 0. The normalized spacial score (nSPS) is 9.94. The number of amides is 3. The van der Waals surface area contributed by atoms with Gasteiger partial charge in [0.05, 0.1) is 6.54 Å². The van der Waals surface area contributed by atoms with Crippen LogP contribution in [0.4, 0.5) is 0 Å². The van der Waals surface area contributed by atoms with Crippen molar-refractivity contribution >= 4 is 18.2 Å². The van der Waals surface area contributed by atoms with Gasteiger partial charge in [-0.2, -0.15) is 0 Å². The van der Waals surface area contributed by atoms with Crippen LogP contribution in [0, 0.1) is 0 Å². The number of carbonyl (C=O) groups excluding carboxylic acids is 3. The number of hydrogen-bond donors (Lipinski definition) is 3. The van der Waals surface area contributed by atoms with E-state index in [1.54, 1.807) is 0 Å².